The van der Waals surface area contributed by atoms with Gasteiger partial charge in [0.15, 0.2) is 0 Å². The molecule has 0 amide bonds. The van der Waals surface area contributed by atoms with Gasteiger partial charge in [-0.05, 0) is 35.9 Å². The van der Waals surface area contributed by atoms with E-state index in [2.05, 4.69) is 9.82 Å². The lowest BCUT2D eigenvalue weighted by atomic mass is 9.98. The van der Waals surface area contributed by atoms with Gasteiger partial charge in [-0.25, -0.2) is 12.8 Å². The van der Waals surface area contributed by atoms with Crippen molar-refractivity contribution in [3.8, 4) is 0 Å². The van der Waals surface area contributed by atoms with Crippen molar-refractivity contribution >= 4 is 31.4 Å². The summed E-state index contributed by atoms with van der Waals surface area (Å²) < 4.78 is 67.8. The van der Waals surface area contributed by atoms with Crippen LogP contribution in [0.3, 0.4) is 0 Å². The normalized spacial score (nSPS) is 16.6. The van der Waals surface area contributed by atoms with Crippen LogP contribution in [0.5, 0.6) is 0 Å². The van der Waals surface area contributed by atoms with Gasteiger partial charge in [-0.3, -0.25) is 4.72 Å². The maximum atomic E-state index is 14.6. The van der Waals surface area contributed by atoms with E-state index in [1.165, 1.54) is 30.3 Å². The molecule has 1 aliphatic heterocycles. The molecular formula is C22H20FN3O4S2. The molecule has 10 heteroatoms. The lowest BCUT2D eigenvalue weighted by Gasteiger charge is -2.23. The molecule has 0 bridgehead atoms. The van der Waals surface area contributed by atoms with E-state index in [-0.39, 0.29) is 16.9 Å². The van der Waals surface area contributed by atoms with E-state index < -0.39 is 31.9 Å². The Kier molecular flexibility index (Phi) is 5.74. The van der Waals surface area contributed by atoms with Crippen molar-refractivity contribution in [2.75, 3.05) is 11.0 Å². The number of hydrogen-bond donors (Lipinski definition) is 1. The van der Waals surface area contributed by atoms with E-state index in [0.29, 0.717) is 17.0 Å². The van der Waals surface area contributed by atoms with E-state index in [9.17, 15) is 21.2 Å². The molecule has 0 aromatic heterocycles. The molecule has 3 aromatic rings. The van der Waals surface area contributed by atoms with Gasteiger partial charge in [0.2, 0.25) is 10.0 Å². The Hall–Kier alpha value is -3.24. The highest BCUT2D eigenvalue weighted by atomic mass is 32.2. The minimum absolute atomic E-state index is 0.0406. The van der Waals surface area contributed by atoms with Gasteiger partial charge < -0.3 is 0 Å². The Bertz CT molecular complexity index is 1390. The standard InChI is InChI=1S/C22H20FN3O4S2/c1-31(27,28)25-17-9-7-8-16(14-17)21-15-22(19-12-5-6-13-20(19)23)26(24-21)32(29,30)18-10-3-2-4-11-18/h2-14,22,25H,15H2,1H3/t22-/m1/s1. The van der Waals surface area contributed by atoms with Crippen molar-refractivity contribution in [2.24, 2.45) is 5.10 Å². The molecule has 3 aromatic carbocycles. The summed E-state index contributed by atoms with van der Waals surface area (Å²) >= 11 is 0. The molecule has 0 saturated carbocycles. The molecule has 1 heterocycles. The van der Waals surface area contributed by atoms with Crippen LogP contribution in [-0.4, -0.2) is 33.2 Å². The molecule has 4 rings (SSSR count). The molecule has 0 aliphatic carbocycles. The van der Waals surface area contributed by atoms with Gasteiger partial charge >= 0.3 is 0 Å². The van der Waals surface area contributed by atoms with Gasteiger partial charge in [0.05, 0.1) is 22.9 Å². The molecular weight excluding hydrogens is 453 g/mol. The highest BCUT2D eigenvalue weighted by Gasteiger charge is 2.38. The van der Waals surface area contributed by atoms with E-state index in [1.54, 1.807) is 48.5 Å². The largest absolute Gasteiger partial charge is 0.284 e. The first kappa shape index (κ1) is 22.0. The molecule has 0 spiro atoms. The van der Waals surface area contributed by atoms with Crippen LogP contribution in [0.4, 0.5) is 10.1 Å². The third-order valence-electron chi connectivity index (χ3n) is 4.92. The minimum atomic E-state index is -4.06. The molecule has 0 unspecified atom stereocenters. The number of anilines is 1. The molecule has 32 heavy (non-hydrogen) atoms. The van der Waals surface area contributed by atoms with Gasteiger partial charge in [0.1, 0.15) is 5.82 Å². The zero-order chi connectivity index (χ0) is 22.9. The topological polar surface area (TPSA) is 95.9 Å². The zero-order valence-electron chi connectivity index (χ0n) is 17.0. The van der Waals surface area contributed by atoms with Gasteiger partial charge in [-0.15, -0.1) is 0 Å². The fourth-order valence-corrected chi connectivity index (χ4v) is 5.54. The van der Waals surface area contributed by atoms with Crippen LogP contribution in [0.15, 0.2) is 88.9 Å². The second-order valence-electron chi connectivity index (χ2n) is 7.33. The molecule has 0 saturated heterocycles. The van der Waals surface area contributed by atoms with Crippen LogP contribution in [0.25, 0.3) is 0 Å². The highest BCUT2D eigenvalue weighted by molar-refractivity contribution is 7.92. The Labute approximate surface area is 186 Å². The number of hydrazone groups is 1. The Balaban J connectivity index is 1.80. The smallest absolute Gasteiger partial charge is 0.279 e. The molecule has 1 atom stereocenters. The molecule has 1 aliphatic rings. The zero-order valence-corrected chi connectivity index (χ0v) is 18.6. The summed E-state index contributed by atoms with van der Waals surface area (Å²) in [6.07, 6.45) is 1.16. The van der Waals surface area contributed by atoms with Crippen molar-refractivity contribution < 1.29 is 21.2 Å². The Morgan fingerprint density at radius 2 is 1.62 bits per heavy atom. The Morgan fingerprint density at radius 1 is 0.938 bits per heavy atom. The summed E-state index contributed by atoms with van der Waals surface area (Å²) in [4.78, 5) is 0.0406. The number of nitrogens with zero attached hydrogens (tertiary/aromatic N) is 2. The number of sulfonamides is 2. The van der Waals surface area contributed by atoms with Crippen LogP contribution in [0.1, 0.15) is 23.6 Å². The summed E-state index contributed by atoms with van der Waals surface area (Å²) in [5.74, 6) is -0.533. The van der Waals surface area contributed by atoms with E-state index in [1.807, 2.05) is 0 Å². The summed E-state index contributed by atoms with van der Waals surface area (Å²) in [7, 11) is -7.56. The number of rotatable bonds is 6. The van der Waals surface area contributed by atoms with Crippen LogP contribution in [0.2, 0.25) is 0 Å². The average Bonchev–Trinajstić information content (AvgIpc) is 3.20. The molecule has 166 valence electrons. The summed E-state index contributed by atoms with van der Waals surface area (Å²) in [5, 5.41) is 4.36. The first-order chi connectivity index (χ1) is 15.1. The minimum Gasteiger partial charge on any atom is -0.284 e. The van der Waals surface area contributed by atoms with Gasteiger partial charge in [-0.2, -0.15) is 17.9 Å². The number of halogens is 1. The first-order valence-electron chi connectivity index (χ1n) is 9.65. The monoisotopic (exact) mass is 473 g/mol. The average molecular weight is 474 g/mol. The maximum absolute atomic E-state index is 14.6. The number of hydrogen-bond acceptors (Lipinski definition) is 5. The van der Waals surface area contributed by atoms with Gasteiger partial charge in [-0.1, -0.05) is 48.5 Å². The quantitative estimate of drug-likeness (QED) is 0.590. The number of benzene rings is 3. The second-order valence-corrected chi connectivity index (χ2v) is 10.9. The third-order valence-corrected chi connectivity index (χ3v) is 7.23. The van der Waals surface area contributed by atoms with Crippen molar-refractivity contribution in [1.82, 2.24) is 4.41 Å². The SMILES string of the molecule is CS(=O)(=O)Nc1cccc(C2=NN(S(=O)(=O)c3ccccc3)[C@@H](c3ccccc3F)C2)c1. The predicted octanol–water partition coefficient (Wildman–Crippen LogP) is 3.74. The fourth-order valence-electron chi connectivity index (χ4n) is 3.54. The van der Waals surface area contributed by atoms with Crippen LogP contribution >= 0.6 is 0 Å². The van der Waals surface area contributed by atoms with E-state index in [4.69, 9.17) is 0 Å². The molecule has 7 nitrogen and oxygen atoms in total. The number of nitrogens with one attached hydrogen (secondary N) is 1. The predicted molar refractivity (Wildman–Crippen MR) is 121 cm³/mol. The molecule has 1 N–H and O–H groups in total. The van der Waals surface area contributed by atoms with E-state index in [0.717, 1.165) is 10.7 Å². The molecule has 0 fully saturated rings. The fraction of sp³-hybridized carbons (Fsp3) is 0.136. The summed E-state index contributed by atoms with van der Waals surface area (Å²) in [6, 6.07) is 19.4. The Morgan fingerprint density at radius 3 is 2.31 bits per heavy atom. The lowest BCUT2D eigenvalue weighted by molar-refractivity contribution is 0.362. The van der Waals surface area contributed by atoms with Crippen molar-refractivity contribution in [3.05, 3.63) is 95.8 Å². The van der Waals surface area contributed by atoms with E-state index >= 15 is 0 Å². The second kappa shape index (κ2) is 8.36. The van der Waals surface area contributed by atoms with Crippen LogP contribution < -0.4 is 4.72 Å². The van der Waals surface area contributed by atoms with Crippen LogP contribution in [0, 0.1) is 5.82 Å². The van der Waals surface area contributed by atoms with Crippen molar-refractivity contribution in [3.63, 3.8) is 0 Å². The summed E-state index contributed by atoms with van der Waals surface area (Å²) in [5.41, 5.74) is 1.45. The maximum Gasteiger partial charge on any atom is 0.279 e. The molecule has 0 radical (unpaired) electrons. The highest BCUT2D eigenvalue weighted by Crippen LogP contribution is 2.38. The third kappa shape index (κ3) is 4.51. The summed E-state index contributed by atoms with van der Waals surface area (Å²) in [6.45, 7) is 0. The van der Waals surface area contributed by atoms with Crippen molar-refractivity contribution in [2.45, 2.75) is 17.4 Å². The van der Waals surface area contributed by atoms with Crippen LogP contribution in [-0.2, 0) is 20.0 Å². The first-order valence-corrected chi connectivity index (χ1v) is 13.0. The van der Waals surface area contributed by atoms with Gasteiger partial charge in [0, 0.05) is 17.7 Å². The lowest BCUT2D eigenvalue weighted by Crippen LogP contribution is -2.27. The van der Waals surface area contributed by atoms with Crippen molar-refractivity contribution in [1.29, 1.82) is 0 Å². The van der Waals surface area contributed by atoms with Gasteiger partial charge in [0.25, 0.3) is 10.0 Å².